The number of hydrogen-bond acceptors (Lipinski definition) is 4. The second-order valence-electron chi connectivity index (χ2n) is 5.63. The molecular weight excluding hydrogens is 240 g/mol. The Balaban J connectivity index is 2.44. The van der Waals surface area contributed by atoms with Gasteiger partial charge in [0.15, 0.2) is 0 Å². The summed E-state index contributed by atoms with van der Waals surface area (Å²) in [5.74, 6) is 0.803. The van der Waals surface area contributed by atoms with Crippen molar-refractivity contribution in [2.24, 2.45) is 0 Å². The molecule has 1 aromatic rings. The molecule has 1 atom stereocenters. The first-order valence-corrected chi connectivity index (χ1v) is 6.57. The van der Waals surface area contributed by atoms with E-state index in [9.17, 15) is 5.11 Å². The van der Waals surface area contributed by atoms with E-state index < -0.39 is 6.10 Å². The summed E-state index contributed by atoms with van der Waals surface area (Å²) in [6.07, 6.45) is -0.496. The lowest BCUT2D eigenvalue weighted by atomic mass is 10.0. The van der Waals surface area contributed by atoms with E-state index in [4.69, 9.17) is 4.74 Å². The first-order chi connectivity index (χ1) is 8.86. The summed E-state index contributed by atoms with van der Waals surface area (Å²) in [5.41, 5.74) is 0.968. The van der Waals surface area contributed by atoms with E-state index in [0.717, 1.165) is 17.9 Å². The molecule has 0 bridgehead atoms. The molecule has 0 fully saturated rings. The maximum Gasteiger partial charge on any atom is 0.118 e. The molecule has 1 unspecified atom stereocenters. The molecule has 0 spiro atoms. The summed E-state index contributed by atoms with van der Waals surface area (Å²) in [4.78, 5) is 2.17. The van der Waals surface area contributed by atoms with Crippen molar-refractivity contribution < 1.29 is 9.84 Å². The molecule has 0 aliphatic rings. The number of aliphatic hydroxyl groups excluding tert-OH is 1. The third-order valence-corrected chi connectivity index (χ3v) is 3.61. The highest BCUT2D eigenvalue weighted by atomic mass is 16.5. The highest BCUT2D eigenvalue weighted by molar-refractivity contribution is 5.28. The zero-order valence-corrected chi connectivity index (χ0v) is 12.6. The Hall–Kier alpha value is -1.10. The van der Waals surface area contributed by atoms with Crippen molar-refractivity contribution in [1.29, 1.82) is 0 Å². The highest BCUT2D eigenvalue weighted by Gasteiger charge is 2.20. The van der Waals surface area contributed by atoms with Crippen molar-refractivity contribution in [3.63, 3.8) is 0 Å². The summed E-state index contributed by atoms with van der Waals surface area (Å²) in [6, 6.07) is 7.51. The first-order valence-electron chi connectivity index (χ1n) is 6.57. The summed E-state index contributed by atoms with van der Waals surface area (Å²) >= 11 is 0. The summed E-state index contributed by atoms with van der Waals surface area (Å²) in [7, 11) is 5.75. The minimum Gasteiger partial charge on any atom is -0.497 e. The lowest BCUT2D eigenvalue weighted by Gasteiger charge is -2.33. The quantitative estimate of drug-likeness (QED) is 0.788. The molecule has 0 aliphatic carbocycles. The van der Waals surface area contributed by atoms with E-state index in [2.05, 4.69) is 38.2 Å². The Morgan fingerprint density at radius 1 is 1.26 bits per heavy atom. The molecule has 1 rings (SSSR count). The number of benzene rings is 1. The number of likely N-dealkylation sites (N-methyl/N-ethyl adjacent to an activating group) is 1. The maximum atomic E-state index is 10.1. The van der Waals surface area contributed by atoms with Crippen LogP contribution in [0.1, 0.15) is 25.5 Å². The minimum absolute atomic E-state index is 0.0691. The van der Waals surface area contributed by atoms with E-state index in [1.807, 2.05) is 24.3 Å². The van der Waals surface area contributed by atoms with E-state index in [0.29, 0.717) is 6.54 Å². The number of ether oxygens (including phenoxy) is 1. The smallest absolute Gasteiger partial charge is 0.118 e. The molecule has 0 heterocycles. The predicted octanol–water partition coefficient (Wildman–Crippen LogP) is 1.66. The largest absolute Gasteiger partial charge is 0.497 e. The molecule has 1 aromatic carbocycles. The molecule has 19 heavy (non-hydrogen) atoms. The van der Waals surface area contributed by atoms with Crippen LogP contribution in [-0.2, 0) is 0 Å². The topological polar surface area (TPSA) is 44.7 Å². The Morgan fingerprint density at radius 3 is 2.32 bits per heavy atom. The van der Waals surface area contributed by atoms with Gasteiger partial charge in [-0.25, -0.2) is 0 Å². The third-order valence-electron chi connectivity index (χ3n) is 3.61. The van der Waals surface area contributed by atoms with Gasteiger partial charge >= 0.3 is 0 Å². The van der Waals surface area contributed by atoms with Gasteiger partial charge in [-0.05, 0) is 45.6 Å². The van der Waals surface area contributed by atoms with Crippen molar-refractivity contribution in [3.8, 4) is 5.75 Å². The molecule has 2 N–H and O–H groups in total. The lowest BCUT2D eigenvalue weighted by Crippen LogP contribution is -2.47. The second kappa shape index (κ2) is 6.89. The van der Waals surface area contributed by atoms with E-state index >= 15 is 0 Å². The Bertz CT molecular complexity index is 374. The SMILES string of the molecule is COc1ccc(C(O)CNCC(C)(C)N(C)C)cc1. The zero-order chi connectivity index (χ0) is 14.5. The van der Waals surface area contributed by atoms with Crippen LogP contribution in [0.15, 0.2) is 24.3 Å². The first kappa shape index (κ1) is 16.0. The van der Waals surface area contributed by atoms with Gasteiger partial charge in [-0.1, -0.05) is 12.1 Å². The van der Waals surface area contributed by atoms with Crippen molar-refractivity contribution in [1.82, 2.24) is 10.2 Å². The maximum absolute atomic E-state index is 10.1. The van der Waals surface area contributed by atoms with Crippen LogP contribution in [0.4, 0.5) is 0 Å². The van der Waals surface area contributed by atoms with Crippen LogP contribution in [-0.4, -0.2) is 49.8 Å². The lowest BCUT2D eigenvalue weighted by molar-refractivity contribution is 0.152. The second-order valence-corrected chi connectivity index (χ2v) is 5.63. The average molecular weight is 266 g/mol. The number of methoxy groups -OCH3 is 1. The van der Waals surface area contributed by atoms with Crippen LogP contribution in [0.5, 0.6) is 5.75 Å². The molecule has 0 radical (unpaired) electrons. The van der Waals surface area contributed by atoms with Gasteiger partial charge in [0.25, 0.3) is 0 Å². The fraction of sp³-hybridized carbons (Fsp3) is 0.600. The standard InChI is InChI=1S/C15H26N2O2/c1-15(2,17(3)4)11-16-10-14(18)12-6-8-13(19-5)9-7-12/h6-9,14,16,18H,10-11H2,1-5H3. The Morgan fingerprint density at radius 2 is 1.84 bits per heavy atom. The van der Waals surface area contributed by atoms with E-state index in [-0.39, 0.29) is 5.54 Å². The number of hydrogen-bond donors (Lipinski definition) is 2. The molecule has 4 heteroatoms. The summed E-state index contributed by atoms with van der Waals surface area (Å²) in [6.45, 7) is 5.70. The molecule has 0 amide bonds. The third kappa shape index (κ3) is 4.82. The fourth-order valence-electron chi connectivity index (χ4n) is 1.62. The molecular formula is C15H26N2O2. The van der Waals surface area contributed by atoms with Crippen LogP contribution in [0.2, 0.25) is 0 Å². The Labute approximate surface area is 116 Å². The molecule has 0 aliphatic heterocycles. The van der Waals surface area contributed by atoms with Gasteiger partial charge in [0, 0.05) is 18.6 Å². The minimum atomic E-state index is -0.496. The number of rotatable bonds is 7. The number of nitrogens with one attached hydrogen (secondary N) is 1. The number of nitrogens with zero attached hydrogens (tertiary/aromatic N) is 1. The summed E-state index contributed by atoms with van der Waals surface area (Å²) < 4.78 is 5.10. The van der Waals surface area contributed by atoms with Crippen molar-refractivity contribution in [2.45, 2.75) is 25.5 Å². The monoisotopic (exact) mass is 266 g/mol. The van der Waals surface area contributed by atoms with Crippen LogP contribution in [0, 0.1) is 0 Å². The van der Waals surface area contributed by atoms with Gasteiger partial charge in [-0.3, -0.25) is 0 Å². The van der Waals surface area contributed by atoms with Crippen LogP contribution in [0.3, 0.4) is 0 Å². The normalized spacial score (nSPS) is 13.6. The van der Waals surface area contributed by atoms with E-state index in [1.54, 1.807) is 7.11 Å². The van der Waals surface area contributed by atoms with Gasteiger partial charge in [0.05, 0.1) is 13.2 Å². The zero-order valence-electron chi connectivity index (χ0n) is 12.6. The van der Waals surface area contributed by atoms with Crippen LogP contribution < -0.4 is 10.1 Å². The summed E-state index contributed by atoms with van der Waals surface area (Å²) in [5, 5.41) is 13.4. The van der Waals surface area contributed by atoms with Gasteiger partial charge in [-0.15, -0.1) is 0 Å². The van der Waals surface area contributed by atoms with Crippen molar-refractivity contribution >= 4 is 0 Å². The molecule has 4 nitrogen and oxygen atoms in total. The molecule has 0 saturated carbocycles. The van der Waals surface area contributed by atoms with Crippen LogP contribution >= 0.6 is 0 Å². The predicted molar refractivity (Wildman–Crippen MR) is 78.6 cm³/mol. The van der Waals surface area contributed by atoms with Crippen molar-refractivity contribution in [3.05, 3.63) is 29.8 Å². The van der Waals surface area contributed by atoms with Gasteiger partial charge < -0.3 is 20.1 Å². The highest BCUT2D eigenvalue weighted by Crippen LogP contribution is 2.17. The van der Waals surface area contributed by atoms with Gasteiger partial charge in [0.2, 0.25) is 0 Å². The van der Waals surface area contributed by atoms with Crippen LogP contribution in [0.25, 0.3) is 0 Å². The van der Waals surface area contributed by atoms with Gasteiger partial charge in [0.1, 0.15) is 5.75 Å². The molecule has 0 aromatic heterocycles. The molecule has 0 saturated heterocycles. The van der Waals surface area contributed by atoms with Crippen molar-refractivity contribution in [2.75, 3.05) is 34.3 Å². The Kier molecular flexibility index (Phi) is 5.79. The van der Waals surface area contributed by atoms with Gasteiger partial charge in [-0.2, -0.15) is 0 Å². The number of aliphatic hydroxyl groups is 1. The average Bonchev–Trinajstić information content (AvgIpc) is 2.38. The fourth-order valence-corrected chi connectivity index (χ4v) is 1.62. The van der Waals surface area contributed by atoms with E-state index in [1.165, 1.54) is 0 Å². The molecule has 108 valence electrons.